The van der Waals surface area contributed by atoms with Crippen LogP contribution >= 0.6 is 0 Å². The van der Waals surface area contributed by atoms with Gasteiger partial charge in [-0.05, 0) is 24.5 Å². The van der Waals surface area contributed by atoms with E-state index in [0.29, 0.717) is 0 Å². The van der Waals surface area contributed by atoms with Crippen LogP contribution in [0.3, 0.4) is 0 Å². The van der Waals surface area contributed by atoms with Crippen molar-refractivity contribution in [3.05, 3.63) is 35.4 Å². The topological polar surface area (TPSA) is 54.4 Å². The largest absolute Gasteiger partial charge is 0.416 e. The molecular weight excluding hydrogens is 257 g/mol. The minimum absolute atomic E-state index is 0.0312. The van der Waals surface area contributed by atoms with Crippen molar-refractivity contribution in [2.75, 3.05) is 5.75 Å². The molecule has 0 spiro atoms. The third-order valence-electron chi connectivity index (χ3n) is 2.17. The van der Waals surface area contributed by atoms with Crippen molar-refractivity contribution >= 4 is 10.1 Å². The highest BCUT2D eigenvalue weighted by atomic mass is 32.2. The van der Waals surface area contributed by atoms with E-state index in [1.54, 1.807) is 0 Å². The van der Waals surface area contributed by atoms with Crippen LogP contribution in [0.4, 0.5) is 13.2 Å². The number of alkyl halides is 3. The van der Waals surface area contributed by atoms with Gasteiger partial charge in [0, 0.05) is 0 Å². The van der Waals surface area contributed by atoms with E-state index in [0.717, 1.165) is 6.07 Å². The maximum Gasteiger partial charge on any atom is 0.416 e. The standard InChI is InChI=1S/C10H11F3O3S/c11-10(12,13)9-6-2-1-4-8(9)5-3-7-17(14,15)16/h1-2,4,6H,3,5,7H2,(H,14,15,16). The van der Waals surface area contributed by atoms with Gasteiger partial charge in [-0.15, -0.1) is 0 Å². The van der Waals surface area contributed by atoms with Crippen LogP contribution < -0.4 is 0 Å². The van der Waals surface area contributed by atoms with Crippen LogP contribution in [0.2, 0.25) is 0 Å². The minimum atomic E-state index is -4.45. The van der Waals surface area contributed by atoms with Crippen molar-refractivity contribution in [3.8, 4) is 0 Å². The number of aryl methyl sites for hydroxylation is 1. The molecule has 0 aliphatic rings. The van der Waals surface area contributed by atoms with Crippen LogP contribution in [0.15, 0.2) is 24.3 Å². The summed E-state index contributed by atoms with van der Waals surface area (Å²) in [4.78, 5) is 0. The van der Waals surface area contributed by atoms with Gasteiger partial charge in [0.2, 0.25) is 0 Å². The summed E-state index contributed by atoms with van der Waals surface area (Å²) in [7, 11) is -4.12. The van der Waals surface area contributed by atoms with Crippen LogP contribution in [0, 0.1) is 0 Å². The molecule has 17 heavy (non-hydrogen) atoms. The zero-order valence-electron chi connectivity index (χ0n) is 8.74. The zero-order valence-corrected chi connectivity index (χ0v) is 9.55. The van der Waals surface area contributed by atoms with Gasteiger partial charge in [-0.25, -0.2) is 0 Å². The van der Waals surface area contributed by atoms with Gasteiger partial charge in [-0.1, -0.05) is 18.2 Å². The van der Waals surface area contributed by atoms with Crippen molar-refractivity contribution in [3.63, 3.8) is 0 Å². The quantitative estimate of drug-likeness (QED) is 0.854. The summed E-state index contributed by atoms with van der Waals surface area (Å²) in [5, 5.41) is 0. The van der Waals surface area contributed by atoms with Gasteiger partial charge in [0.25, 0.3) is 10.1 Å². The van der Waals surface area contributed by atoms with E-state index in [9.17, 15) is 21.6 Å². The van der Waals surface area contributed by atoms with Crippen molar-refractivity contribution < 1.29 is 26.1 Å². The lowest BCUT2D eigenvalue weighted by Gasteiger charge is -2.11. The fourth-order valence-corrected chi connectivity index (χ4v) is 1.97. The second-order valence-corrected chi connectivity index (χ2v) is 5.12. The second-order valence-electron chi connectivity index (χ2n) is 3.54. The summed E-state index contributed by atoms with van der Waals surface area (Å²) in [6.07, 6.45) is -4.55. The number of benzene rings is 1. The molecule has 0 heterocycles. The Kier molecular flexibility index (Phi) is 4.16. The van der Waals surface area contributed by atoms with Crippen molar-refractivity contribution in [1.82, 2.24) is 0 Å². The number of hydrogen-bond acceptors (Lipinski definition) is 2. The monoisotopic (exact) mass is 268 g/mol. The van der Waals surface area contributed by atoms with Gasteiger partial charge in [0.05, 0.1) is 11.3 Å². The van der Waals surface area contributed by atoms with E-state index in [-0.39, 0.29) is 18.4 Å². The van der Waals surface area contributed by atoms with Crippen LogP contribution in [0.5, 0.6) is 0 Å². The Bertz CT molecular complexity index is 480. The highest BCUT2D eigenvalue weighted by Crippen LogP contribution is 2.32. The Morgan fingerprint density at radius 3 is 2.29 bits per heavy atom. The van der Waals surface area contributed by atoms with Crippen LogP contribution in [0.1, 0.15) is 17.5 Å². The number of halogens is 3. The summed E-state index contributed by atoms with van der Waals surface area (Å²) in [6.45, 7) is 0. The Morgan fingerprint density at radius 1 is 1.18 bits per heavy atom. The normalized spacial score (nSPS) is 12.7. The lowest BCUT2D eigenvalue weighted by Crippen LogP contribution is -2.10. The molecule has 0 saturated carbocycles. The summed E-state index contributed by atoms with van der Waals surface area (Å²) in [6, 6.07) is 4.97. The van der Waals surface area contributed by atoms with Crippen LogP contribution in [0.25, 0.3) is 0 Å². The van der Waals surface area contributed by atoms with Gasteiger partial charge in [-0.2, -0.15) is 21.6 Å². The summed E-state index contributed by atoms with van der Waals surface area (Å²) >= 11 is 0. The molecular formula is C10H11F3O3S. The molecule has 0 unspecified atom stereocenters. The first-order valence-corrected chi connectivity index (χ1v) is 6.41. The SMILES string of the molecule is O=S(=O)(O)CCCc1ccccc1C(F)(F)F. The van der Waals surface area contributed by atoms with E-state index in [1.807, 2.05) is 0 Å². The Morgan fingerprint density at radius 2 is 1.76 bits per heavy atom. The Hall–Kier alpha value is -1.08. The molecule has 1 N–H and O–H groups in total. The Balaban J connectivity index is 2.78. The van der Waals surface area contributed by atoms with Crippen LogP contribution in [-0.4, -0.2) is 18.7 Å². The van der Waals surface area contributed by atoms with Crippen LogP contribution in [-0.2, 0) is 22.7 Å². The zero-order chi connectivity index (χ0) is 13.1. The molecule has 0 saturated heterocycles. The summed E-state index contributed by atoms with van der Waals surface area (Å²) in [5.41, 5.74) is -0.737. The first kappa shape index (κ1) is 14.0. The molecule has 0 aliphatic heterocycles. The summed E-state index contributed by atoms with van der Waals surface area (Å²) < 4.78 is 67.0. The maximum atomic E-state index is 12.5. The number of rotatable bonds is 4. The third kappa shape index (κ3) is 4.74. The van der Waals surface area contributed by atoms with Gasteiger partial charge < -0.3 is 0 Å². The maximum absolute atomic E-state index is 12.5. The minimum Gasteiger partial charge on any atom is -0.286 e. The van der Waals surface area contributed by atoms with Crippen molar-refractivity contribution in [1.29, 1.82) is 0 Å². The van der Waals surface area contributed by atoms with E-state index in [4.69, 9.17) is 4.55 Å². The fourth-order valence-electron chi connectivity index (χ4n) is 1.46. The smallest absolute Gasteiger partial charge is 0.286 e. The molecule has 1 aromatic carbocycles. The molecule has 96 valence electrons. The molecule has 0 fully saturated rings. The van der Waals surface area contributed by atoms with Gasteiger partial charge in [0.15, 0.2) is 0 Å². The molecule has 0 radical (unpaired) electrons. The van der Waals surface area contributed by atoms with Gasteiger partial charge in [-0.3, -0.25) is 4.55 Å². The van der Waals surface area contributed by atoms with E-state index >= 15 is 0 Å². The van der Waals surface area contributed by atoms with Crippen molar-refractivity contribution in [2.24, 2.45) is 0 Å². The predicted molar refractivity (Wildman–Crippen MR) is 56.2 cm³/mol. The molecule has 0 aromatic heterocycles. The molecule has 0 amide bonds. The fraction of sp³-hybridized carbons (Fsp3) is 0.400. The average Bonchev–Trinajstić information content (AvgIpc) is 2.15. The van der Waals surface area contributed by atoms with Gasteiger partial charge in [0.1, 0.15) is 0 Å². The molecule has 0 aliphatic carbocycles. The molecule has 0 atom stereocenters. The van der Waals surface area contributed by atoms with E-state index in [2.05, 4.69) is 0 Å². The Labute approximate surface area is 97.0 Å². The van der Waals surface area contributed by atoms with Gasteiger partial charge >= 0.3 is 6.18 Å². The highest BCUT2D eigenvalue weighted by Gasteiger charge is 2.32. The average molecular weight is 268 g/mol. The lowest BCUT2D eigenvalue weighted by molar-refractivity contribution is -0.138. The molecule has 3 nitrogen and oxygen atoms in total. The molecule has 1 rings (SSSR count). The first-order valence-electron chi connectivity index (χ1n) is 4.80. The third-order valence-corrected chi connectivity index (χ3v) is 2.98. The van der Waals surface area contributed by atoms with Crippen molar-refractivity contribution in [2.45, 2.75) is 19.0 Å². The highest BCUT2D eigenvalue weighted by molar-refractivity contribution is 7.85. The molecule has 1 aromatic rings. The lowest BCUT2D eigenvalue weighted by atomic mass is 10.0. The van der Waals surface area contributed by atoms with E-state index in [1.165, 1.54) is 18.2 Å². The molecule has 0 bridgehead atoms. The molecule has 7 heteroatoms. The predicted octanol–water partition coefficient (Wildman–Crippen LogP) is 2.53. The second kappa shape index (κ2) is 5.05. The summed E-state index contributed by atoms with van der Waals surface area (Å²) in [5.74, 6) is -0.542. The van der Waals surface area contributed by atoms with E-state index < -0.39 is 27.6 Å². The number of hydrogen-bond donors (Lipinski definition) is 1. The first-order chi connectivity index (χ1) is 7.70.